The van der Waals surface area contributed by atoms with Crippen molar-refractivity contribution >= 4 is 33.8 Å². The number of urea groups is 1. The Morgan fingerprint density at radius 1 is 1.11 bits per heavy atom. The minimum atomic E-state index is -1.20. The highest BCUT2D eigenvalue weighted by Crippen LogP contribution is 2.33. The Hall–Kier alpha value is -2.67. The van der Waals surface area contributed by atoms with E-state index in [0.29, 0.717) is 18.7 Å². The molecule has 0 radical (unpaired) electrons. The third-order valence-electron chi connectivity index (χ3n) is 5.46. The molecule has 2 heterocycles. The topological polar surface area (TPSA) is 69.7 Å². The summed E-state index contributed by atoms with van der Waals surface area (Å²) in [6.45, 7) is 2.49. The highest BCUT2D eigenvalue weighted by Gasteiger charge is 2.50. The second-order valence-corrected chi connectivity index (χ2v) is 8.11. The zero-order valence-corrected chi connectivity index (χ0v) is 17.0. The second-order valence-electron chi connectivity index (χ2n) is 7.26. The summed E-state index contributed by atoms with van der Waals surface area (Å²) in [4.78, 5) is 41.1. The van der Waals surface area contributed by atoms with Crippen molar-refractivity contribution in [2.75, 3.05) is 13.1 Å². The van der Waals surface area contributed by atoms with Crippen LogP contribution in [0.4, 0.5) is 4.79 Å². The standard InChI is InChI=1S/C21H20BrN3O3/c1-21(16-8-4-5-9-17(16)22)19(27)25(20(28)23-21)13-18(26)24-11-10-14-6-2-3-7-15(14)12-24/h2-9H,10-13H2,1H3,(H,23,28)/t21-/m1/s1. The molecule has 144 valence electrons. The first kappa shape index (κ1) is 18.7. The molecule has 2 aromatic carbocycles. The van der Waals surface area contributed by atoms with E-state index in [-0.39, 0.29) is 12.5 Å². The summed E-state index contributed by atoms with van der Waals surface area (Å²) in [5.41, 5.74) is 1.81. The van der Waals surface area contributed by atoms with Gasteiger partial charge < -0.3 is 10.2 Å². The fourth-order valence-corrected chi connectivity index (χ4v) is 4.51. The first-order valence-electron chi connectivity index (χ1n) is 9.14. The van der Waals surface area contributed by atoms with Gasteiger partial charge in [-0.05, 0) is 30.5 Å². The molecule has 0 aliphatic carbocycles. The van der Waals surface area contributed by atoms with Crippen LogP contribution in [-0.2, 0) is 28.1 Å². The molecule has 6 nitrogen and oxygen atoms in total. The van der Waals surface area contributed by atoms with Crippen molar-refractivity contribution in [3.63, 3.8) is 0 Å². The molecule has 2 aliphatic rings. The Labute approximate surface area is 171 Å². The van der Waals surface area contributed by atoms with Gasteiger partial charge in [0.2, 0.25) is 5.91 Å². The maximum Gasteiger partial charge on any atom is 0.325 e. The monoisotopic (exact) mass is 441 g/mol. The molecule has 1 N–H and O–H groups in total. The van der Waals surface area contributed by atoms with E-state index in [2.05, 4.69) is 27.3 Å². The van der Waals surface area contributed by atoms with E-state index in [9.17, 15) is 14.4 Å². The van der Waals surface area contributed by atoms with Gasteiger partial charge in [0, 0.05) is 23.1 Å². The number of amides is 4. The molecule has 0 spiro atoms. The van der Waals surface area contributed by atoms with Gasteiger partial charge in [0.25, 0.3) is 5.91 Å². The van der Waals surface area contributed by atoms with E-state index in [1.54, 1.807) is 17.9 Å². The fraction of sp³-hybridized carbons (Fsp3) is 0.286. The van der Waals surface area contributed by atoms with Crippen LogP contribution in [0.1, 0.15) is 23.6 Å². The number of halogens is 1. The van der Waals surface area contributed by atoms with Crippen LogP contribution in [-0.4, -0.2) is 40.7 Å². The summed E-state index contributed by atoms with van der Waals surface area (Å²) in [6.07, 6.45) is 0.775. The molecule has 1 saturated heterocycles. The van der Waals surface area contributed by atoms with E-state index in [4.69, 9.17) is 0 Å². The van der Waals surface area contributed by atoms with Crippen LogP contribution in [0.15, 0.2) is 53.0 Å². The zero-order chi connectivity index (χ0) is 19.9. The van der Waals surface area contributed by atoms with Gasteiger partial charge in [-0.3, -0.25) is 14.5 Å². The lowest BCUT2D eigenvalue weighted by molar-refractivity contribution is -0.139. The van der Waals surface area contributed by atoms with Gasteiger partial charge in [-0.2, -0.15) is 0 Å². The van der Waals surface area contributed by atoms with E-state index in [1.807, 2.05) is 36.4 Å². The van der Waals surface area contributed by atoms with E-state index >= 15 is 0 Å². The number of rotatable bonds is 3. The predicted molar refractivity (Wildman–Crippen MR) is 107 cm³/mol. The summed E-state index contributed by atoms with van der Waals surface area (Å²) >= 11 is 3.44. The summed E-state index contributed by atoms with van der Waals surface area (Å²) < 4.78 is 0.729. The fourth-order valence-electron chi connectivity index (χ4n) is 3.83. The van der Waals surface area contributed by atoms with E-state index in [0.717, 1.165) is 21.4 Å². The molecule has 0 bridgehead atoms. The molecule has 0 aromatic heterocycles. The van der Waals surface area contributed by atoms with Crippen LogP contribution in [0.3, 0.4) is 0 Å². The lowest BCUT2D eigenvalue weighted by Crippen LogP contribution is -2.45. The Balaban J connectivity index is 1.51. The van der Waals surface area contributed by atoms with Crippen molar-refractivity contribution in [3.8, 4) is 0 Å². The van der Waals surface area contributed by atoms with Crippen LogP contribution in [0.25, 0.3) is 0 Å². The van der Waals surface area contributed by atoms with E-state index < -0.39 is 17.5 Å². The largest absolute Gasteiger partial charge is 0.336 e. The molecule has 28 heavy (non-hydrogen) atoms. The first-order chi connectivity index (χ1) is 13.4. The minimum Gasteiger partial charge on any atom is -0.336 e. The highest BCUT2D eigenvalue weighted by molar-refractivity contribution is 9.10. The zero-order valence-electron chi connectivity index (χ0n) is 15.4. The molecule has 0 unspecified atom stereocenters. The molecule has 0 saturated carbocycles. The Morgan fingerprint density at radius 3 is 2.54 bits per heavy atom. The number of fused-ring (bicyclic) bond motifs is 1. The number of imide groups is 1. The Bertz CT molecular complexity index is 977. The van der Waals surface area contributed by atoms with Gasteiger partial charge in [0.15, 0.2) is 0 Å². The molecule has 4 amide bonds. The second kappa shape index (κ2) is 7.05. The third kappa shape index (κ3) is 3.09. The highest BCUT2D eigenvalue weighted by atomic mass is 79.9. The van der Waals surface area contributed by atoms with Gasteiger partial charge in [-0.25, -0.2) is 4.79 Å². The van der Waals surface area contributed by atoms with Crippen LogP contribution < -0.4 is 5.32 Å². The number of hydrogen-bond acceptors (Lipinski definition) is 3. The lowest BCUT2D eigenvalue weighted by Gasteiger charge is -2.30. The van der Waals surface area contributed by atoms with Crippen molar-refractivity contribution in [3.05, 3.63) is 69.7 Å². The first-order valence-corrected chi connectivity index (χ1v) is 9.93. The summed E-state index contributed by atoms with van der Waals surface area (Å²) in [5.74, 6) is -0.649. The molecule has 1 atom stereocenters. The van der Waals surface area contributed by atoms with Crippen LogP contribution in [0.5, 0.6) is 0 Å². The maximum atomic E-state index is 13.1. The van der Waals surface area contributed by atoms with Crippen molar-refractivity contribution < 1.29 is 14.4 Å². The summed E-state index contributed by atoms with van der Waals surface area (Å²) in [5, 5.41) is 2.75. The average Bonchev–Trinajstić information content (AvgIpc) is 2.91. The summed E-state index contributed by atoms with van der Waals surface area (Å²) in [6, 6.07) is 14.7. The number of carbonyl (C=O) groups is 3. The van der Waals surface area contributed by atoms with Gasteiger partial charge in [0.1, 0.15) is 12.1 Å². The number of nitrogens with one attached hydrogen (secondary N) is 1. The lowest BCUT2D eigenvalue weighted by atomic mass is 9.92. The number of benzene rings is 2. The van der Waals surface area contributed by atoms with Gasteiger partial charge in [-0.15, -0.1) is 0 Å². The van der Waals surface area contributed by atoms with Crippen molar-refractivity contribution in [2.45, 2.75) is 25.4 Å². The SMILES string of the molecule is C[C@]1(c2ccccc2Br)NC(=O)N(CC(=O)N2CCc3ccccc3C2)C1=O. The van der Waals surface area contributed by atoms with Crippen LogP contribution in [0, 0.1) is 0 Å². The van der Waals surface area contributed by atoms with E-state index in [1.165, 1.54) is 5.56 Å². The van der Waals surface area contributed by atoms with Crippen LogP contribution >= 0.6 is 15.9 Å². The Kier molecular flexibility index (Phi) is 4.71. The average molecular weight is 442 g/mol. The third-order valence-corrected chi connectivity index (χ3v) is 6.16. The van der Waals surface area contributed by atoms with Crippen molar-refractivity contribution in [1.82, 2.24) is 15.1 Å². The maximum absolute atomic E-state index is 13.1. The number of hydrogen-bond donors (Lipinski definition) is 1. The number of nitrogens with zero attached hydrogens (tertiary/aromatic N) is 2. The molecule has 7 heteroatoms. The van der Waals surface area contributed by atoms with Gasteiger partial charge >= 0.3 is 6.03 Å². The number of carbonyl (C=O) groups excluding carboxylic acids is 3. The van der Waals surface area contributed by atoms with Crippen molar-refractivity contribution in [2.24, 2.45) is 0 Å². The minimum absolute atomic E-state index is 0.227. The Morgan fingerprint density at radius 2 is 1.79 bits per heavy atom. The predicted octanol–water partition coefficient (Wildman–Crippen LogP) is 2.80. The molecular formula is C21H20BrN3O3. The molecule has 2 aliphatic heterocycles. The molecule has 1 fully saturated rings. The normalized spacial score (nSPS) is 21.5. The van der Waals surface area contributed by atoms with Gasteiger partial charge in [0.05, 0.1) is 0 Å². The smallest absolute Gasteiger partial charge is 0.325 e. The van der Waals surface area contributed by atoms with Gasteiger partial charge in [-0.1, -0.05) is 58.4 Å². The van der Waals surface area contributed by atoms with Crippen LogP contribution in [0.2, 0.25) is 0 Å². The molecular weight excluding hydrogens is 422 g/mol. The summed E-state index contributed by atoms with van der Waals surface area (Å²) in [7, 11) is 0. The molecule has 4 rings (SSSR count). The molecule has 2 aromatic rings. The van der Waals surface area contributed by atoms with Crippen molar-refractivity contribution in [1.29, 1.82) is 0 Å². The quantitative estimate of drug-likeness (QED) is 0.744.